The number of ether oxygens (including phenoxy) is 1. The lowest BCUT2D eigenvalue weighted by Gasteiger charge is -2.22. The molecule has 0 unspecified atom stereocenters. The van der Waals surface area contributed by atoms with Crippen molar-refractivity contribution in [2.45, 2.75) is 51.6 Å². The molecule has 1 aromatic carbocycles. The first kappa shape index (κ1) is 24.9. The van der Waals surface area contributed by atoms with Gasteiger partial charge in [0.25, 0.3) is 11.6 Å². The number of hydrogen-bond acceptors (Lipinski definition) is 8. The molecule has 178 valence electrons. The van der Waals surface area contributed by atoms with E-state index in [2.05, 4.69) is 10.3 Å². The zero-order chi connectivity index (χ0) is 23.8. The standard InChI is InChI=1S/C21H26N4O6S2/c1-2-31-20(28)11-24-16-9-8-15(25(29)30)10-17(16)33-21(24)23-19(27)13-32-12-18(26)22-14-6-4-3-5-7-14/h8-10,14H,2-7,11-13H2,1H3,(H,22,26). The Balaban J connectivity index is 1.70. The summed E-state index contributed by atoms with van der Waals surface area (Å²) in [5.41, 5.74) is 0.453. The van der Waals surface area contributed by atoms with Crippen molar-refractivity contribution in [2.75, 3.05) is 18.1 Å². The van der Waals surface area contributed by atoms with Crippen molar-refractivity contribution in [3.63, 3.8) is 0 Å². The predicted octanol–water partition coefficient (Wildman–Crippen LogP) is 2.78. The van der Waals surface area contributed by atoms with Crippen LogP contribution in [0.2, 0.25) is 0 Å². The molecule has 10 nitrogen and oxygen atoms in total. The molecular weight excluding hydrogens is 468 g/mol. The molecule has 2 aromatic rings. The van der Waals surface area contributed by atoms with Gasteiger partial charge in [-0.3, -0.25) is 24.5 Å². The fourth-order valence-electron chi connectivity index (χ4n) is 3.64. The molecule has 1 aromatic heterocycles. The fraction of sp³-hybridized carbons (Fsp3) is 0.524. The topological polar surface area (TPSA) is 133 Å². The number of benzene rings is 1. The number of carbonyl (C=O) groups excluding carboxylic acids is 3. The largest absolute Gasteiger partial charge is 0.465 e. The summed E-state index contributed by atoms with van der Waals surface area (Å²) in [7, 11) is 0. The normalized spacial score (nSPS) is 14.9. The minimum absolute atomic E-state index is 0.00584. The van der Waals surface area contributed by atoms with Crippen LogP contribution in [0.4, 0.5) is 5.69 Å². The van der Waals surface area contributed by atoms with E-state index in [4.69, 9.17) is 4.74 Å². The quantitative estimate of drug-likeness (QED) is 0.322. The molecular formula is C21H26N4O6S2. The highest BCUT2D eigenvalue weighted by Gasteiger charge is 2.17. The molecule has 0 bridgehead atoms. The molecule has 1 fully saturated rings. The number of nitro benzene ring substituents is 1. The van der Waals surface area contributed by atoms with Gasteiger partial charge in [-0.2, -0.15) is 4.99 Å². The third-order valence-corrected chi connectivity index (χ3v) is 7.08. The smallest absolute Gasteiger partial charge is 0.326 e. The minimum Gasteiger partial charge on any atom is -0.465 e. The molecule has 1 aliphatic rings. The van der Waals surface area contributed by atoms with E-state index in [1.54, 1.807) is 6.92 Å². The fourth-order valence-corrected chi connectivity index (χ4v) is 5.33. The van der Waals surface area contributed by atoms with Gasteiger partial charge in [-0.25, -0.2) is 0 Å². The second kappa shape index (κ2) is 11.9. The van der Waals surface area contributed by atoms with Crippen molar-refractivity contribution in [3.8, 4) is 0 Å². The van der Waals surface area contributed by atoms with E-state index in [1.807, 2.05) is 0 Å². The average Bonchev–Trinajstić information content (AvgIpc) is 3.10. The Labute approximate surface area is 198 Å². The highest BCUT2D eigenvalue weighted by atomic mass is 32.2. The van der Waals surface area contributed by atoms with Crippen LogP contribution in [0.3, 0.4) is 0 Å². The maximum atomic E-state index is 12.4. The summed E-state index contributed by atoms with van der Waals surface area (Å²) in [6, 6.07) is 4.46. The molecule has 1 aliphatic carbocycles. The molecule has 2 amide bonds. The maximum absolute atomic E-state index is 12.4. The number of nitro groups is 1. The molecule has 0 radical (unpaired) electrons. The first-order chi connectivity index (χ1) is 15.9. The predicted molar refractivity (Wildman–Crippen MR) is 126 cm³/mol. The van der Waals surface area contributed by atoms with Gasteiger partial charge in [0.1, 0.15) is 6.54 Å². The molecule has 0 saturated heterocycles. The third kappa shape index (κ3) is 7.13. The second-order valence-electron chi connectivity index (χ2n) is 7.59. The van der Waals surface area contributed by atoms with E-state index in [0.29, 0.717) is 10.2 Å². The summed E-state index contributed by atoms with van der Waals surface area (Å²) >= 11 is 2.26. The van der Waals surface area contributed by atoms with E-state index < -0.39 is 16.8 Å². The number of carbonyl (C=O) groups is 3. The number of amides is 2. The molecule has 0 aliphatic heterocycles. The van der Waals surface area contributed by atoms with Crippen molar-refractivity contribution < 1.29 is 24.0 Å². The van der Waals surface area contributed by atoms with Crippen LogP contribution >= 0.6 is 23.1 Å². The van der Waals surface area contributed by atoms with E-state index in [1.165, 1.54) is 40.9 Å². The van der Waals surface area contributed by atoms with E-state index in [-0.39, 0.29) is 47.1 Å². The number of rotatable bonds is 9. The Hall–Kier alpha value is -2.73. The van der Waals surface area contributed by atoms with Crippen LogP contribution in [0.5, 0.6) is 0 Å². The Bertz CT molecular complexity index is 1100. The van der Waals surface area contributed by atoms with E-state index in [9.17, 15) is 24.5 Å². The Morgan fingerprint density at radius 3 is 2.73 bits per heavy atom. The number of hydrogen-bond donors (Lipinski definition) is 1. The van der Waals surface area contributed by atoms with Gasteiger partial charge in [0.15, 0.2) is 4.80 Å². The number of nitrogens with zero attached hydrogens (tertiary/aromatic N) is 3. The summed E-state index contributed by atoms with van der Waals surface area (Å²) in [6.07, 6.45) is 5.45. The molecule has 1 saturated carbocycles. The third-order valence-electron chi connectivity index (χ3n) is 5.12. The maximum Gasteiger partial charge on any atom is 0.326 e. The van der Waals surface area contributed by atoms with Crippen LogP contribution in [0.15, 0.2) is 23.2 Å². The van der Waals surface area contributed by atoms with E-state index in [0.717, 1.165) is 37.0 Å². The van der Waals surface area contributed by atoms with Gasteiger partial charge in [0.05, 0.1) is 33.3 Å². The summed E-state index contributed by atoms with van der Waals surface area (Å²) in [4.78, 5) is 51.6. The molecule has 0 atom stereocenters. The van der Waals surface area contributed by atoms with Crippen LogP contribution in [0.1, 0.15) is 39.0 Å². The van der Waals surface area contributed by atoms with Crippen molar-refractivity contribution in [3.05, 3.63) is 33.1 Å². The molecule has 1 heterocycles. The zero-order valence-electron chi connectivity index (χ0n) is 18.3. The van der Waals surface area contributed by atoms with Crippen molar-refractivity contribution in [1.29, 1.82) is 0 Å². The lowest BCUT2D eigenvalue weighted by atomic mass is 9.95. The van der Waals surface area contributed by atoms with Gasteiger partial charge in [0, 0.05) is 18.2 Å². The SMILES string of the molecule is CCOC(=O)Cn1c(=NC(=O)CSCC(=O)NC2CCCCC2)sc2cc([N+](=O)[O-])ccc21. The zero-order valence-corrected chi connectivity index (χ0v) is 19.9. The van der Waals surface area contributed by atoms with Gasteiger partial charge < -0.3 is 14.6 Å². The number of non-ortho nitro benzene ring substituents is 1. The average molecular weight is 495 g/mol. The Morgan fingerprint density at radius 1 is 1.27 bits per heavy atom. The number of esters is 1. The van der Waals surface area contributed by atoms with Crippen LogP contribution in [0, 0.1) is 10.1 Å². The number of thiazole rings is 1. The van der Waals surface area contributed by atoms with Crippen LogP contribution in [-0.2, 0) is 25.7 Å². The van der Waals surface area contributed by atoms with Crippen LogP contribution in [-0.4, -0.2) is 51.4 Å². The van der Waals surface area contributed by atoms with Crippen LogP contribution in [0.25, 0.3) is 10.2 Å². The summed E-state index contributed by atoms with van der Waals surface area (Å²) in [6.45, 7) is 1.72. The number of nitrogens with one attached hydrogen (secondary N) is 1. The van der Waals surface area contributed by atoms with Crippen LogP contribution < -0.4 is 10.1 Å². The van der Waals surface area contributed by atoms with Gasteiger partial charge in [-0.15, -0.1) is 11.8 Å². The van der Waals surface area contributed by atoms with Gasteiger partial charge in [-0.05, 0) is 25.8 Å². The molecule has 12 heteroatoms. The molecule has 33 heavy (non-hydrogen) atoms. The summed E-state index contributed by atoms with van der Waals surface area (Å²) < 4.78 is 7.04. The molecule has 3 rings (SSSR count). The van der Waals surface area contributed by atoms with Crippen molar-refractivity contribution in [2.24, 2.45) is 4.99 Å². The molecule has 0 spiro atoms. The molecule has 1 N–H and O–H groups in total. The lowest BCUT2D eigenvalue weighted by Crippen LogP contribution is -2.37. The van der Waals surface area contributed by atoms with Gasteiger partial charge in [0.2, 0.25) is 5.91 Å². The Kier molecular flexibility index (Phi) is 9.01. The number of thioether (sulfide) groups is 1. The van der Waals surface area contributed by atoms with Crippen molar-refractivity contribution >= 4 is 56.8 Å². The highest BCUT2D eigenvalue weighted by Crippen LogP contribution is 2.23. The highest BCUT2D eigenvalue weighted by molar-refractivity contribution is 8.00. The summed E-state index contributed by atoms with van der Waals surface area (Å²) in [5.74, 6) is -0.876. The second-order valence-corrected chi connectivity index (χ2v) is 9.58. The summed E-state index contributed by atoms with van der Waals surface area (Å²) in [5, 5.41) is 14.1. The van der Waals surface area contributed by atoms with E-state index >= 15 is 0 Å². The lowest BCUT2D eigenvalue weighted by molar-refractivity contribution is -0.384. The monoisotopic (exact) mass is 494 g/mol. The number of aromatic nitrogens is 1. The first-order valence-corrected chi connectivity index (χ1v) is 12.7. The minimum atomic E-state index is -0.508. The Morgan fingerprint density at radius 2 is 2.03 bits per heavy atom. The first-order valence-electron chi connectivity index (χ1n) is 10.8. The number of fused-ring (bicyclic) bond motifs is 1. The van der Waals surface area contributed by atoms with Gasteiger partial charge >= 0.3 is 5.97 Å². The van der Waals surface area contributed by atoms with Gasteiger partial charge in [-0.1, -0.05) is 30.6 Å². The van der Waals surface area contributed by atoms with Crippen molar-refractivity contribution in [1.82, 2.24) is 9.88 Å².